The fourth-order valence-electron chi connectivity index (χ4n) is 4.40. The maximum Gasteiger partial charge on any atom is 0.513 e. The molecule has 0 aliphatic rings. The van der Waals surface area contributed by atoms with Gasteiger partial charge >= 0.3 is 6.16 Å². The lowest BCUT2D eigenvalue weighted by Gasteiger charge is -2.12. The van der Waals surface area contributed by atoms with Gasteiger partial charge in [-0.15, -0.1) is 0 Å². The number of fused-ring (bicyclic) bond motifs is 1. The molecule has 37 heavy (non-hydrogen) atoms. The third kappa shape index (κ3) is 5.62. The molecule has 2 aromatic heterocycles. The lowest BCUT2D eigenvalue weighted by atomic mass is 9.96. The second kappa shape index (κ2) is 10.5. The lowest BCUT2D eigenvalue weighted by molar-refractivity contribution is 0.132. The van der Waals surface area contributed by atoms with E-state index >= 15 is 0 Å². The number of furan rings is 1. The Kier molecular flexibility index (Phi) is 6.85. The van der Waals surface area contributed by atoms with Gasteiger partial charge in [0.1, 0.15) is 12.1 Å². The number of carbonyl (C=O) groups is 1. The summed E-state index contributed by atoms with van der Waals surface area (Å²) in [5.74, 6) is 0.813. The van der Waals surface area contributed by atoms with Crippen molar-refractivity contribution in [1.82, 2.24) is 9.97 Å². The highest BCUT2D eigenvalue weighted by atomic mass is 16.7. The summed E-state index contributed by atoms with van der Waals surface area (Å²) >= 11 is 0. The Morgan fingerprint density at radius 1 is 0.946 bits per heavy atom. The van der Waals surface area contributed by atoms with Crippen LogP contribution in [0.5, 0.6) is 5.95 Å². The first kappa shape index (κ1) is 24.1. The van der Waals surface area contributed by atoms with Gasteiger partial charge in [-0.25, -0.2) is 14.8 Å². The van der Waals surface area contributed by atoms with Crippen LogP contribution < -0.4 is 10.1 Å². The van der Waals surface area contributed by atoms with Gasteiger partial charge in [0.05, 0.1) is 11.8 Å². The third-order valence-electron chi connectivity index (χ3n) is 6.06. The number of nitrogens with zero attached hydrogens (tertiary/aromatic N) is 2. The van der Waals surface area contributed by atoms with Crippen molar-refractivity contribution in [2.75, 3.05) is 5.32 Å². The Morgan fingerprint density at radius 3 is 2.51 bits per heavy atom. The molecule has 3 aromatic carbocycles. The summed E-state index contributed by atoms with van der Waals surface area (Å²) in [6, 6.07) is 24.5. The number of nitrogens with one attached hydrogen (secondary N) is 1. The number of carboxylic acid groups (broad SMARTS) is 1. The van der Waals surface area contributed by atoms with E-state index in [1.807, 2.05) is 54.6 Å². The highest BCUT2D eigenvalue weighted by Gasteiger charge is 2.19. The first-order chi connectivity index (χ1) is 18.0. The predicted octanol–water partition coefficient (Wildman–Crippen LogP) is 6.95. The summed E-state index contributed by atoms with van der Waals surface area (Å²) < 4.78 is 10.5. The first-order valence-corrected chi connectivity index (χ1v) is 12.1. The average Bonchev–Trinajstić information content (AvgIpc) is 3.24. The van der Waals surface area contributed by atoms with Crippen LogP contribution in [0.4, 0.5) is 10.6 Å². The minimum atomic E-state index is -1.40. The van der Waals surface area contributed by atoms with Crippen molar-refractivity contribution in [3.63, 3.8) is 0 Å². The number of hydrogen-bond acceptors (Lipinski definition) is 6. The van der Waals surface area contributed by atoms with Crippen LogP contribution in [0, 0.1) is 0 Å². The molecule has 0 atom stereocenters. The van der Waals surface area contributed by atoms with Crippen LogP contribution in [-0.4, -0.2) is 27.3 Å². The molecule has 5 rings (SSSR count). The van der Waals surface area contributed by atoms with Gasteiger partial charge in [-0.05, 0) is 48.2 Å². The number of anilines is 1. The number of aromatic nitrogens is 2. The van der Waals surface area contributed by atoms with Crippen LogP contribution in [0.1, 0.15) is 36.1 Å². The maximum absolute atomic E-state index is 11.3. The fourth-order valence-corrected chi connectivity index (χ4v) is 4.40. The van der Waals surface area contributed by atoms with E-state index in [9.17, 15) is 9.90 Å². The molecule has 2 heterocycles. The SMILES string of the molecule is CC(C)Nc1ncnc2ccc(-c3cccc(Cc4c(Cc5ccccc5)coc4OC(=O)O)c3)cc12. The van der Waals surface area contributed by atoms with Gasteiger partial charge in [0.2, 0.25) is 0 Å². The molecule has 0 aliphatic carbocycles. The van der Waals surface area contributed by atoms with E-state index in [-0.39, 0.29) is 12.0 Å². The molecular weight excluding hydrogens is 466 g/mol. The quantitative estimate of drug-likeness (QED) is 0.226. The Hall–Kier alpha value is -4.65. The summed E-state index contributed by atoms with van der Waals surface area (Å²) in [7, 11) is 0. The Bertz CT molecular complexity index is 1540. The molecule has 0 fully saturated rings. The van der Waals surface area contributed by atoms with Crippen molar-refractivity contribution in [3.05, 3.63) is 108 Å². The summed E-state index contributed by atoms with van der Waals surface area (Å²) in [4.78, 5) is 20.1. The molecule has 0 unspecified atom stereocenters. The van der Waals surface area contributed by atoms with E-state index in [1.165, 1.54) is 0 Å². The molecule has 0 radical (unpaired) electrons. The van der Waals surface area contributed by atoms with Crippen molar-refractivity contribution >= 4 is 22.9 Å². The second-order valence-electron chi connectivity index (χ2n) is 9.19. The zero-order valence-corrected chi connectivity index (χ0v) is 20.6. The molecule has 186 valence electrons. The number of rotatable bonds is 8. The lowest BCUT2D eigenvalue weighted by Crippen LogP contribution is -2.11. The van der Waals surface area contributed by atoms with Gasteiger partial charge in [0.25, 0.3) is 5.95 Å². The third-order valence-corrected chi connectivity index (χ3v) is 6.06. The standard InChI is InChI=1S/C30H27N3O4/c1-19(2)33-28-26-16-23(11-12-27(26)31-18-32-28)22-10-6-9-21(14-22)15-25-24(13-20-7-4-3-5-8-20)17-36-29(25)37-30(34)35/h3-12,14,16-19H,13,15H2,1-2H3,(H,34,35)(H,31,32,33). The van der Waals surface area contributed by atoms with Gasteiger partial charge < -0.3 is 19.6 Å². The first-order valence-electron chi connectivity index (χ1n) is 12.1. The van der Waals surface area contributed by atoms with E-state index in [2.05, 4.69) is 47.3 Å². The van der Waals surface area contributed by atoms with Gasteiger partial charge in [-0.1, -0.05) is 60.7 Å². The predicted molar refractivity (Wildman–Crippen MR) is 143 cm³/mol. The molecular formula is C30H27N3O4. The van der Waals surface area contributed by atoms with Crippen LogP contribution in [0.25, 0.3) is 22.0 Å². The number of hydrogen-bond donors (Lipinski definition) is 2. The van der Waals surface area contributed by atoms with Crippen molar-refractivity contribution < 1.29 is 19.1 Å². The molecule has 7 nitrogen and oxygen atoms in total. The largest absolute Gasteiger partial charge is 0.513 e. The summed E-state index contributed by atoms with van der Waals surface area (Å²) in [6.45, 7) is 4.15. The number of ether oxygens (including phenoxy) is 1. The monoisotopic (exact) mass is 493 g/mol. The van der Waals surface area contributed by atoms with Crippen molar-refractivity contribution in [2.45, 2.75) is 32.7 Å². The Labute approximate surface area is 214 Å². The molecule has 0 bridgehead atoms. The van der Waals surface area contributed by atoms with E-state index in [4.69, 9.17) is 9.15 Å². The molecule has 0 aliphatic heterocycles. The van der Waals surface area contributed by atoms with Crippen LogP contribution in [0.15, 0.2) is 89.8 Å². The molecule has 0 spiro atoms. The van der Waals surface area contributed by atoms with Gasteiger partial charge in [-0.3, -0.25) is 0 Å². The second-order valence-corrected chi connectivity index (χ2v) is 9.19. The van der Waals surface area contributed by atoms with Crippen LogP contribution in [0.2, 0.25) is 0 Å². The Morgan fingerprint density at radius 2 is 1.73 bits per heavy atom. The highest BCUT2D eigenvalue weighted by Crippen LogP contribution is 2.32. The van der Waals surface area contributed by atoms with Gasteiger partial charge in [-0.2, -0.15) is 0 Å². The van der Waals surface area contributed by atoms with Crippen LogP contribution in [-0.2, 0) is 12.8 Å². The van der Waals surface area contributed by atoms with Crippen LogP contribution in [0.3, 0.4) is 0 Å². The molecule has 7 heteroatoms. The smallest absolute Gasteiger partial charge is 0.449 e. The average molecular weight is 494 g/mol. The molecule has 0 saturated carbocycles. The topological polar surface area (TPSA) is 97.5 Å². The van der Waals surface area contributed by atoms with E-state index in [1.54, 1.807) is 12.6 Å². The summed E-state index contributed by atoms with van der Waals surface area (Å²) in [6.07, 6.45) is 2.82. The molecule has 2 N–H and O–H groups in total. The normalized spacial score (nSPS) is 11.1. The van der Waals surface area contributed by atoms with Gasteiger partial charge in [0.15, 0.2) is 0 Å². The van der Waals surface area contributed by atoms with E-state index in [0.29, 0.717) is 12.8 Å². The van der Waals surface area contributed by atoms with Crippen molar-refractivity contribution in [1.29, 1.82) is 0 Å². The Balaban J connectivity index is 1.48. The molecule has 0 saturated heterocycles. The molecule has 0 amide bonds. The van der Waals surface area contributed by atoms with Crippen molar-refractivity contribution in [2.24, 2.45) is 0 Å². The highest BCUT2D eigenvalue weighted by molar-refractivity contribution is 5.92. The van der Waals surface area contributed by atoms with Gasteiger partial charge in [0, 0.05) is 35.4 Å². The minimum Gasteiger partial charge on any atom is -0.449 e. The zero-order valence-electron chi connectivity index (χ0n) is 20.6. The summed E-state index contributed by atoms with van der Waals surface area (Å²) in [5, 5.41) is 13.6. The van der Waals surface area contributed by atoms with E-state index in [0.717, 1.165) is 50.1 Å². The van der Waals surface area contributed by atoms with E-state index < -0.39 is 6.16 Å². The van der Waals surface area contributed by atoms with Crippen molar-refractivity contribution in [3.8, 4) is 17.1 Å². The summed E-state index contributed by atoms with van der Waals surface area (Å²) in [5.41, 5.74) is 6.66. The fraction of sp³-hybridized carbons (Fsp3) is 0.167. The maximum atomic E-state index is 11.3. The zero-order chi connectivity index (χ0) is 25.8. The van der Waals surface area contributed by atoms with Crippen LogP contribution >= 0.6 is 0 Å². The molecule has 5 aromatic rings. The minimum absolute atomic E-state index is 0.0103. The number of benzene rings is 3.